The number of nitro benzene ring substituents is 1. The highest BCUT2D eigenvalue weighted by Gasteiger charge is 2.20. The van der Waals surface area contributed by atoms with E-state index >= 15 is 0 Å². The second-order valence-corrected chi connectivity index (χ2v) is 5.35. The molecule has 0 atom stereocenters. The lowest BCUT2D eigenvalue weighted by molar-refractivity contribution is -0.385. The van der Waals surface area contributed by atoms with Gasteiger partial charge in [-0.3, -0.25) is 14.9 Å². The van der Waals surface area contributed by atoms with Crippen LogP contribution in [-0.2, 0) is 16.1 Å². The number of carbonyl (C=O) groups excluding carboxylic acids is 1. The van der Waals surface area contributed by atoms with Gasteiger partial charge < -0.3 is 4.74 Å². The molecule has 1 aromatic carbocycles. The van der Waals surface area contributed by atoms with Crippen molar-refractivity contribution in [2.45, 2.75) is 38.4 Å². The molecule has 0 amide bonds. The van der Waals surface area contributed by atoms with Crippen LogP contribution in [0.25, 0.3) is 0 Å². The van der Waals surface area contributed by atoms with E-state index in [1.165, 1.54) is 6.07 Å². The number of Topliss-reactive ketones (excluding diaryl/α,β-unsaturated/α-hetero) is 1. The van der Waals surface area contributed by atoms with Crippen LogP contribution in [0.1, 0.15) is 31.2 Å². The largest absolute Gasteiger partial charge is 0.373 e. The predicted molar refractivity (Wildman–Crippen MR) is 72.8 cm³/mol. The molecule has 1 aliphatic carbocycles. The summed E-state index contributed by atoms with van der Waals surface area (Å²) >= 11 is 3.24. The molecule has 1 aliphatic rings. The monoisotopic (exact) mass is 327 g/mol. The fourth-order valence-electron chi connectivity index (χ4n) is 2.11. The van der Waals surface area contributed by atoms with Crippen molar-refractivity contribution in [2.75, 3.05) is 0 Å². The van der Waals surface area contributed by atoms with Gasteiger partial charge in [-0.25, -0.2) is 0 Å². The Hall–Kier alpha value is -1.27. The van der Waals surface area contributed by atoms with Crippen LogP contribution < -0.4 is 0 Å². The molecule has 0 aliphatic heterocycles. The minimum atomic E-state index is -0.424. The van der Waals surface area contributed by atoms with E-state index in [1.807, 2.05) is 0 Å². The SMILES string of the molecule is O=C1CCC(OCc2cccc([N+](=O)[O-])c2Br)CC1. The number of benzene rings is 1. The molecule has 1 fully saturated rings. The molecule has 0 unspecified atom stereocenters. The number of carbonyl (C=O) groups is 1. The summed E-state index contributed by atoms with van der Waals surface area (Å²) in [6, 6.07) is 4.89. The van der Waals surface area contributed by atoms with Crippen LogP contribution >= 0.6 is 15.9 Å². The smallest absolute Gasteiger partial charge is 0.283 e. The van der Waals surface area contributed by atoms with Gasteiger partial charge in [0.25, 0.3) is 5.69 Å². The minimum absolute atomic E-state index is 0.0416. The van der Waals surface area contributed by atoms with E-state index in [0.29, 0.717) is 23.9 Å². The van der Waals surface area contributed by atoms with Crippen molar-refractivity contribution in [2.24, 2.45) is 0 Å². The summed E-state index contributed by atoms with van der Waals surface area (Å²) in [4.78, 5) is 21.5. The zero-order chi connectivity index (χ0) is 13.8. The lowest BCUT2D eigenvalue weighted by atomic mass is 9.96. The minimum Gasteiger partial charge on any atom is -0.373 e. The van der Waals surface area contributed by atoms with Crippen LogP contribution in [0.5, 0.6) is 0 Å². The number of nitrogens with zero attached hydrogens (tertiary/aromatic N) is 1. The van der Waals surface area contributed by atoms with Crippen LogP contribution in [0.2, 0.25) is 0 Å². The Morgan fingerprint density at radius 3 is 2.68 bits per heavy atom. The van der Waals surface area contributed by atoms with Crippen LogP contribution in [-0.4, -0.2) is 16.8 Å². The summed E-state index contributed by atoms with van der Waals surface area (Å²) in [6.07, 6.45) is 2.70. The zero-order valence-corrected chi connectivity index (χ0v) is 11.9. The molecule has 0 N–H and O–H groups in total. The summed E-state index contributed by atoms with van der Waals surface area (Å²) in [5, 5.41) is 10.8. The Morgan fingerprint density at radius 1 is 1.37 bits per heavy atom. The Labute approximate surface area is 119 Å². The topological polar surface area (TPSA) is 69.4 Å². The van der Waals surface area contributed by atoms with Gasteiger partial charge in [-0.05, 0) is 34.3 Å². The maximum atomic E-state index is 11.1. The Balaban J connectivity index is 1.98. The number of ketones is 1. The molecule has 2 rings (SSSR count). The summed E-state index contributed by atoms with van der Waals surface area (Å²) in [7, 11) is 0. The van der Waals surface area contributed by atoms with Gasteiger partial charge in [-0.2, -0.15) is 0 Å². The summed E-state index contributed by atoms with van der Waals surface area (Å²) in [6.45, 7) is 0.321. The molecule has 102 valence electrons. The van der Waals surface area contributed by atoms with Gasteiger partial charge in [0.15, 0.2) is 0 Å². The Morgan fingerprint density at radius 2 is 2.05 bits per heavy atom. The van der Waals surface area contributed by atoms with E-state index in [4.69, 9.17) is 4.74 Å². The van der Waals surface area contributed by atoms with Crippen molar-refractivity contribution in [3.63, 3.8) is 0 Å². The molecule has 1 saturated carbocycles. The third kappa shape index (κ3) is 3.61. The van der Waals surface area contributed by atoms with Gasteiger partial charge in [0.1, 0.15) is 10.3 Å². The Bertz CT molecular complexity index is 493. The molecule has 0 radical (unpaired) electrons. The van der Waals surface area contributed by atoms with Crippen LogP contribution in [0.4, 0.5) is 5.69 Å². The predicted octanol–water partition coefficient (Wildman–Crippen LogP) is 3.39. The third-order valence-corrected chi connectivity index (χ3v) is 4.14. The first-order valence-electron chi connectivity index (χ1n) is 6.13. The maximum absolute atomic E-state index is 11.1. The molecule has 19 heavy (non-hydrogen) atoms. The molecule has 6 heteroatoms. The van der Waals surface area contributed by atoms with Crippen LogP contribution in [0.15, 0.2) is 22.7 Å². The average molecular weight is 328 g/mol. The van der Waals surface area contributed by atoms with Gasteiger partial charge in [0.2, 0.25) is 0 Å². The normalized spacial score (nSPS) is 16.6. The first kappa shape index (κ1) is 14.1. The van der Waals surface area contributed by atoms with E-state index in [0.717, 1.165) is 18.4 Å². The van der Waals surface area contributed by atoms with Crippen molar-refractivity contribution in [3.05, 3.63) is 38.3 Å². The van der Waals surface area contributed by atoms with Crippen LogP contribution in [0, 0.1) is 10.1 Å². The van der Waals surface area contributed by atoms with Crippen molar-refractivity contribution in [3.8, 4) is 0 Å². The fraction of sp³-hybridized carbons (Fsp3) is 0.462. The third-order valence-electron chi connectivity index (χ3n) is 3.22. The highest BCUT2D eigenvalue weighted by Crippen LogP contribution is 2.29. The van der Waals surface area contributed by atoms with Crippen molar-refractivity contribution >= 4 is 27.4 Å². The quantitative estimate of drug-likeness (QED) is 0.627. The molecule has 0 saturated heterocycles. The number of halogens is 1. The van der Waals surface area contributed by atoms with E-state index in [9.17, 15) is 14.9 Å². The molecule has 0 bridgehead atoms. The van der Waals surface area contributed by atoms with Crippen molar-refractivity contribution < 1.29 is 14.5 Å². The summed E-state index contributed by atoms with van der Waals surface area (Å²) in [5.74, 6) is 0.288. The summed E-state index contributed by atoms with van der Waals surface area (Å²) < 4.78 is 6.19. The number of hydrogen-bond donors (Lipinski definition) is 0. The molecular formula is C13H14BrNO4. The number of rotatable bonds is 4. The average Bonchev–Trinajstić information content (AvgIpc) is 2.39. The first-order chi connectivity index (χ1) is 9.08. The van der Waals surface area contributed by atoms with E-state index < -0.39 is 4.92 Å². The first-order valence-corrected chi connectivity index (χ1v) is 6.92. The lowest BCUT2D eigenvalue weighted by Gasteiger charge is -2.21. The maximum Gasteiger partial charge on any atom is 0.283 e. The fourth-order valence-corrected chi connectivity index (χ4v) is 2.63. The second-order valence-electron chi connectivity index (χ2n) is 4.56. The second kappa shape index (κ2) is 6.25. The molecule has 0 heterocycles. The highest BCUT2D eigenvalue weighted by atomic mass is 79.9. The van der Waals surface area contributed by atoms with Gasteiger partial charge in [-0.1, -0.05) is 12.1 Å². The molecule has 0 spiro atoms. The van der Waals surface area contributed by atoms with Gasteiger partial charge >= 0.3 is 0 Å². The van der Waals surface area contributed by atoms with Gasteiger partial charge in [0, 0.05) is 18.9 Å². The van der Waals surface area contributed by atoms with Gasteiger partial charge in [-0.15, -0.1) is 0 Å². The van der Waals surface area contributed by atoms with Crippen molar-refractivity contribution in [1.82, 2.24) is 0 Å². The number of nitro groups is 1. The lowest BCUT2D eigenvalue weighted by Crippen LogP contribution is -2.21. The highest BCUT2D eigenvalue weighted by molar-refractivity contribution is 9.10. The Kier molecular flexibility index (Phi) is 4.66. The molecule has 0 aromatic heterocycles. The van der Waals surface area contributed by atoms with Crippen molar-refractivity contribution in [1.29, 1.82) is 0 Å². The van der Waals surface area contributed by atoms with E-state index in [-0.39, 0.29) is 17.6 Å². The van der Waals surface area contributed by atoms with E-state index in [1.54, 1.807) is 12.1 Å². The summed E-state index contributed by atoms with van der Waals surface area (Å²) in [5.41, 5.74) is 0.797. The number of hydrogen-bond acceptors (Lipinski definition) is 4. The van der Waals surface area contributed by atoms with Gasteiger partial charge in [0.05, 0.1) is 17.6 Å². The number of ether oxygens (including phenoxy) is 1. The van der Waals surface area contributed by atoms with Crippen LogP contribution in [0.3, 0.4) is 0 Å². The zero-order valence-electron chi connectivity index (χ0n) is 10.3. The molecular weight excluding hydrogens is 314 g/mol. The molecule has 5 nitrogen and oxygen atoms in total. The van der Waals surface area contributed by atoms with E-state index in [2.05, 4.69) is 15.9 Å². The molecule has 1 aromatic rings. The standard InChI is InChI=1S/C13H14BrNO4/c14-13-9(2-1-3-12(13)15(17)18)8-19-11-6-4-10(16)5-7-11/h1-3,11H,4-8H2.